The summed E-state index contributed by atoms with van der Waals surface area (Å²) in [7, 11) is 1.58. The van der Waals surface area contributed by atoms with Crippen LogP contribution in [-0.2, 0) is 6.42 Å². The van der Waals surface area contributed by atoms with Gasteiger partial charge < -0.3 is 15.8 Å². The molecular weight excluding hydrogens is 492 g/mol. The van der Waals surface area contributed by atoms with E-state index in [0.29, 0.717) is 28.3 Å². The SMILES string of the molecule is CCc1cc(OC)ncc1-c1cccc2nc(C(C)Nc3nc(N)ncc3C#N)n(-c3ccccc3)c(=O)c12. The van der Waals surface area contributed by atoms with Gasteiger partial charge in [-0.1, -0.05) is 37.3 Å². The zero-order chi connectivity index (χ0) is 27.5. The summed E-state index contributed by atoms with van der Waals surface area (Å²) in [6.07, 6.45) is 3.82. The van der Waals surface area contributed by atoms with Gasteiger partial charge in [0.25, 0.3) is 5.56 Å². The van der Waals surface area contributed by atoms with Crippen LogP contribution in [0.2, 0.25) is 0 Å². The molecule has 0 amide bonds. The molecule has 0 saturated heterocycles. The number of aryl methyl sites for hydroxylation is 1. The molecule has 3 N–H and O–H groups in total. The van der Waals surface area contributed by atoms with Crippen molar-refractivity contribution in [2.45, 2.75) is 26.3 Å². The fourth-order valence-corrected chi connectivity index (χ4v) is 4.57. The predicted octanol–water partition coefficient (Wildman–Crippen LogP) is 4.44. The number of ether oxygens (including phenoxy) is 1. The summed E-state index contributed by atoms with van der Waals surface area (Å²) in [5.41, 5.74) is 9.55. The number of pyridine rings is 1. The number of nitrogens with two attached hydrogens (primary N) is 1. The van der Waals surface area contributed by atoms with Gasteiger partial charge in [-0.2, -0.15) is 10.2 Å². The number of benzene rings is 2. The molecule has 1 unspecified atom stereocenters. The van der Waals surface area contributed by atoms with Gasteiger partial charge in [0.2, 0.25) is 11.8 Å². The summed E-state index contributed by atoms with van der Waals surface area (Å²) in [5, 5.41) is 13.2. The molecule has 0 aliphatic rings. The summed E-state index contributed by atoms with van der Waals surface area (Å²) in [5.74, 6) is 1.25. The highest BCUT2D eigenvalue weighted by molar-refractivity contribution is 5.95. The van der Waals surface area contributed by atoms with Crippen LogP contribution in [0.5, 0.6) is 5.88 Å². The van der Waals surface area contributed by atoms with E-state index >= 15 is 0 Å². The molecule has 194 valence electrons. The van der Waals surface area contributed by atoms with Gasteiger partial charge in [-0.05, 0) is 42.7 Å². The molecule has 0 radical (unpaired) electrons. The first kappa shape index (κ1) is 25.4. The molecule has 0 aliphatic heterocycles. The van der Waals surface area contributed by atoms with Crippen LogP contribution in [0, 0.1) is 11.3 Å². The molecule has 39 heavy (non-hydrogen) atoms. The molecule has 3 aromatic heterocycles. The quantitative estimate of drug-likeness (QED) is 0.319. The molecule has 0 spiro atoms. The second-order valence-corrected chi connectivity index (χ2v) is 8.85. The number of fused-ring (bicyclic) bond motifs is 1. The number of nitrogen functional groups attached to an aromatic ring is 1. The Labute approximate surface area is 224 Å². The van der Waals surface area contributed by atoms with Crippen molar-refractivity contribution >= 4 is 22.7 Å². The van der Waals surface area contributed by atoms with Gasteiger partial charge in [0.1, 0.15) is 23.3 Å². The van der Waals surface area contributed by atoms with Crippen molar-refractivity contribution in [2.75, 3.05) is 18.2 Å². The van der Waals surface area contributed by atoms with Crippen LogP contribution in [0.3, 0.4) is 0 Å². The number of aromatic nitrogens is 5. The van der Waals surface area contributed by atoms with E-state index in [0.717, 1.165) is 23.1 Å². The smallest absolute Gasteiger partial charge is 0.266 e. The number of nitrogens with one attached hydrogen (secondary N) is 1. The predicted molar refractivity (Wildman–Crippen MR) is 150 cm³/mol. The van der Waals surface area contributed by atoms with Gasteiger partial charge in [0.05, 0.1) is 35.9 Å². The zero-order valence-electron chi connectivity index (χ0n) is 21.7. The fourth-order valence-electron chi connectivity index (χ4n) is 4.57. The number of rotatable bonds is 7. The average Bonchev–Trinajstić information content (AvgIpc) is 2.97. The average molecular weight is 519 g/mol. The van der Waals surface area contributed by atoms with Gasteiger partial charge >= 0.3 is 0 Å². The lowest BCUT2D eigenvalue weighted by Gasteiger charge is -2.21. The Morgan fingerprint density at radius 2 is 1.87 bits per heavy atom. The monoisotopic (exact) mass is 518 g/mol. The number of anilines is 2. The van der Waals surface area contributed by atoms with E-state index in [2.05, 4.69) is 26.3 Å². The van der Waals surface area contributed by atoms with E-state index in [4.69, 9.17) is 15.5 Å². The van der Waals surface area contributed by atoms with Crippen molar-refractivity contribution in [2.24, 2.45) is 0 Å². The standard InChI is InChI=1S/C29H26N8O2/c1-4-18-13-24(39-3)32-16-22(18)21-11-8-12-23-25(21)28(38)37(20-9-6-5-7-10-20)27(35-23)17(2)34-26-19(14-30)15-33-29(31)36-26/h5-13,15-17H,4H2,1-3H3,(H3,31,33,34,36). The topological polar surface area (TPSA) is 145 Å². The van der Waals surface area contributed by atoms with E-state index < -0.39 is 6.04 Å². The maximum Gasteiger partial charge on any atom is 0.266 e. The molecule has 10 heteroatoms. The third-order valence-electron chi connectivity index (χ3n) is 6.45. The van der Waals surface area contributed by atoms with E-state index in [-0.39, 0.29) is 22.9 Å². The lowest BCUT2D eigenvalue weighted by Crippen LogP contribution is -2.28. The van der Waals surface area contributed by atoms with Gasteiger partial charge in [0.15, 0.2) is 0 Å². The Morgan fingerprint density at radius 3 is 2.59 bits per heavy atom. The fraction of sp³-hybridized carbons (Fsp3) is 0.172. The van der Waals surface area contributed by atoms with Crippen molar-refractivity contribution in [3.63, 3.8) is 0 Å². The first-order chi connectivity index (χ1) is 18.9. The molecule has 1 atom stereocenters. The summed E-state index contributed by atoms with van der Waals surface area (Å²) >= 11 is 0. The molecule has 3 heterocycles. The Bertz CT molecular complexity index is 1780. The van der Waals surface area contributed by atoms with Gasteiger partial charge in [-0.15, -0.1) is 0 Å². The minimum absolute atomic E-state index is 0.0279. The van der Waals surface area contributed by atoms with Crippen LogP contribution >= 0.6 is 0 Å². The molecule has 0 bridgehead atoms. The third-order valence-corrected chi connectivity index (χ3v) is 6.45. The van der Waals surface area contributed by atoms with Crippen molar-refractivity contribution in [1.29, 1.82) is 5.26 Å². The van der Waals surface area contributed by atoms with Crippen LogP contribution in [0.15, 0.2) is 71.8 Å². The summed E-state index contributed by atoms with van der Waals surface area (Å²) in [6, 6.07) is 18.3. The maximum absolute atomic E-state index is 14.4. The van der Waals surface area contributed by atoms with Gasteiger partial charge in [-0.25, -0.2) is 15.0 Å². The molecule has 0 saturated carbocycles. The van der Waals surface area contributed by atoms with Crippen LogP contribution in [0.1, 0.15) is 36.8 Å². The lowest BCUT2D eigenvalue weighted by molar-refractivity contribution is 0.397. The number of nitrogens with zero attached hydrogens (tertiary/aromatic N) is 6. The zero-order valence-corrected chi connectivity index (χ0v) is 21.7. The number of methoxy groups -OCH3 is 1. The second kappa shape index (κ2) is 10.6. The number of hydrogen-bond acceptors (Lipinski definition) is 9. The van der Waals surface area contributed by atoms with Crippen molar-refractivity contribution in [1.82, 2.24) is 24.5 Å². The Kier molecular flexibility index (Phi) is 6.89. The minimum Gasteiger partial charge on any atom is -0.481 e. The lowest BCUT2D eigenvalue weighted by atomic mass is 9.97. The van der Waals surface area contributed by atoms with Crippen molar-refractivity contribution < 1.29 is 4.74 Å². The Balaban J connectivity index is 1.76. The molecular formula is C29H26N8O2. The molecule has 5 aromatic rings. The molecule has 0 fully saturated rings. The first-order valence-corrected chi connectivity index (χ1v) is 12.4. The van der Waals surface area contributed by atoms with Crippen LogP contribution in [0.25, 0.3) is 27.7 Å². The number of para-hydroxylation sites is 1. The van der Waals surface area contributed by atoms with E-state index in [1.165, 1.54) is 6.20 Å². The molecule has 5 rings (SSSR count). The van der Waals surface area contributed by atoms with Crippen molar-refractivity contribution in [3.05, 3.63) is 94.3 Å². The van der Waals surface area contributed by atoms with Crippen LogP contribution in [0.4, 0.5) is 11.8 Å². The number of hydrogen-bond donors (Lipinski definition) is 2. The van der Waals surface area contributed by atoms with Gasteiger partial charge in [-0.3, -0.25) is 9.36 Å². The van der Waals surface area contributed by atoms with Crippen LogP contribution in [-0.4, -0.2) is 31.6 Å². The Hall–Kier alpha value is -5.30. The molecule has 10 nitrogen and oxygen atoms in total. The highest BCUT2D eigenvalue weighted by atomic mass is 16.5. The minimum atomic E-state index is -0.527. The highest BCUT2D eigenvalue weighted by Gasteiger charge is 2.22. The maximum atomic E-state index is 14.4. The largest absolute Gasteiger partial charge is 0.481 e. The van der Waals surface area contributed by atoms with Crippen molar-refractivity contribution in [3.8, 4) is 28.8 Å². The summed E-state index contributed by atoms with van der Waals surface area (Å²) in [4.78, 5) is 31.8. The summed E-state index contributed by atoms with van der Waals surface area (Å²) < 4.78 is 6.90. The van der Waals surface area contributed by atoms with Gasteiger partial charge in [0, 0.05) is 17.8 Å². The van der Waals surface area contributed by atoms with E-state index in [1.807, 2.05) is 68.4 Å². The summed E-state index contributed by atoms with van der Waals surface area (Å²) in [6.45, 7) is 3.89. The Morgan fingerprint density at radius 1 is 1.08 bits per heavy atom. The number of nitriles is 1. The van der Waals surface area contributed by atoms with E-state index in [9.17, 15) is 10.1 Å². The molecule has 2 aromatic carbocycles. The third kappa shape index (κ3) is 4.73. The normalized spacial score (nSPS) is 11.6. The highest BCUT2D eigenvalue weighted by Crippen LogP contribution is 2.32. The first-order valence-electron chi connectivity index (χ1n) is 12.4. The second-order valence-electron chi connectivity index (χ2n) is 8.85. The van der Waals surface area contributed by atoms with E-state index in [1.54, 1.807) is 17.9 Å². The van der Waals surface area contributed by atoms with Crippen LogP contribution < -0.4 is 21.3 Å². The molecule has 0 aliphatic carbocycles.